The molecule has 2 aromatic carbocycles. The van der Waals surface area contributed by atoms with Gasteiger partial charge < -0.3 is 0 Å². The largest absolute Gasteiger partial charge is 0.236 e. The van der Waals surface area contributed by atoms with Gasteiger partial charge in [0.2, 0.25) is 0 Å². The predicted octanol–water partition coefficient (Wildman–Crippen LogP) is 15.5. The minimum atomic E-state index is -0.230. The normalized spacial score (nSPS) is 19.4. The molecule has 0 aliphatic heterocycles. The molecule has 4 nitrogen and oxygen atoms in total. The maximum Gasteiger partial charge on any atom is 0.159 e. The molecule has 0 unspecified atom stereocenters. The highest BCUT2D eigenvalue weighted by atomic mass is 19.1. The predicted molar refractivity (Wildman–Crippen MR) is 238 cm³/mol. The zero-order valence-electron chi connectivity index (χ0n) is 36.2. The summed E-state index contributed by atoms with van der Waals surface area (Å²) in [6, 6.07) is 12.7. The molecular formula is C52H74F2N4. The lowest BCUT2D eigenvalue weighted by Gasteiger charge is -2.28. The van der Waals surface area contributed by atoms with Gasteiger partial charge in [0.25, 0.3) is 0 Å². The topological polar surface area (TPSA) is 51.6 Å². The van der Waals surface area contributed by atoms with Gasteiger partial charge in [-0.3, -0.25) is 0 Å². The van der Waals surface area contributed by atoms with Gasteiger partial charge in [-0.15, -0.1) is 0 Å². The van der Waals surface area contributed by atoms with Crippen LogP contribution in [0.3, 0.4) is 0 Å². The van der Waals surface area contributed by atoms with Crippen LogP contribution in [0.15, 0.2) is 73.3 Å². The van der Waals surface area contributed by atoms with Crippen molar-refractivity contribution in [1.29, 1.82) is 0 Å². The van der Waals surface area contributed by atoms with E-state index in [0.717, 1.165) is 47.6 Å². The average Bonchev–Trinajstić information content (AvgIpc) is 3.26. The molecular weight excluding hydrogens is 719 g/mol. The summed E-state index contributed by atoms with van der Waals surface area (Å²) in [5, 5.41) is 0. The van der Waals surface area contributed by atoms with Crippen LogP contribution in [0, 0.1) is 35.3 Å². The van der Waals surface area contributed by atoms with Gasteiger partial charge in [-0.05, 0) is 109 Å². The Bertz CT molecular complexity index is 1630. The van der Waals surface area contributed by atoms with Crippen molar-refractivity contribution in [1.82, 2.24) is 19.9 Å². The maximum atomic E-state index is 13.1. The highest BCUT2D eigenvalue weighted by Crippen LogP contribution is 2.35. The third-order valence-electron chi connectivity index (χ3n) is 13.2. The Balaban J connectivity index is 0.000000221. The van der Waals surface area contributed by atoms with Gasteiger partial charge >= 0.3 is 0 Å². The monoisotopic (exact) mass is 793 g/mol. The van der Waals surface area contributed by atoms with E-state index in [1.807, 2.05) is 24.8 Å². The fraction of sp³-hybridized carbons (Fsp3) is 0.615. The molecule has 2 aliphatic carbocycles. The Labute approximate surface area is 350 Å². The summed E-state index contributed by atoms with van der Waals surface area (Å²) in [5.74, 6) is 4.58. The van der Waals surface area contributed by atoms with Crippen molar-refractivity contribution in [3.63, 3.8) is 0 Å². The lowest BCUT2D eigenvalue weighted by Crippen LogP contribution is -2.15. The number of hydrogen-bond acceptors (Lipinski definition) is 4. The molecule has 2 aromatic heterocycles. The molecule has 2 aliphatic rings. The number of rotatable bonds is 22. The van der Waals surface area contributed by atoms with E-state index in [2.05, 4.69) is 33.8 Å². The lowest BCUT2D eigenvalue weighted by atomic mass is 9.78. The molecule has 6 heteroatoms. The van der Waals surface area contributed by atoms with Crippen molar-refractivity contribution >= 4 is 0 Å². The molecule has 0 radical (unpaired) electrons. The Morgan fingerprint density at radius 1 is 0.397 bits per heavy atom. The fourth-order valence-electron chi connectivity index (χ4n) is 9.25. The first-order valence-corrected chi connectivity index (χ1v) is 23.6. The molecule has 4 aromatic rings. The highest BCUT2D eigenvalue weighted by Gasteiger charge is 2.22. The number of unbranched alkanes of at least 4 members (excludes halogenated alkanes) is 10. The van der Waals surface area contributed by atoms with Gasteiger partial charge in [-0.25, -0.2) is 28.7 Å². The molecule has 2 heterocycles. The number of halogens is 2. The van der Waals surface area contributed by atoms with Gasteiger partial charge in [0.1, 0.15) is 11.6 Å². The highest BCUT2D eigenvalue weighted by molar-refractivity contribution is 5.55. The quantitative estimate of drug-likeness (QED) is 0.0744. The summed E-state index contributed by atoms with van der Waals surface area (Å²) in [5.41, 5.74) is 4.15. The molecule has 0 saturated heterocycles. The van der Waals surface area contributed by atoms with E-state index >= 15 is 0 Å². The molecule has 0 amide bonds. The van der Waals surface area contributed by atoms with E-state index < -0.39 is 0 Å². The van der Waals surface area contributed by atoms with E-state index in [9.17, 15) is 8.78 Å². The van der Waals surface area contributed by atoms with Crippen LogP contribution in [0.2, 0.25) is 0 Å². The van der Waals surface area contributed by atoms with E-state index in [1.165, 1.54) is 189 Å². The van der Waals surface area contributed by atoms with E-state index in [4.69, 9.17) is 0 Å². The summed E-state index contributed by atoms with van der Waals surface area (Å²) in [4.78, 5) is 17.9. The molecule has 0 N–H and O–H groups in total. The van der Waals surface area contributed by atoms with E-state index in [0.29, 0.717) is 11.6 Å². The van der Waals surface area contributed by atoms with Gasteiger partial charge in [0, 0.05) is 35.9 Å². The molecule has 0 atom stereocenters. The van der Waals surface area contributed by atoms with Crippen LogP contribution in [0.5, 0.6) is 0 Å². The zero-order chi connectivity index (χ0) is 40.6. The van der Waals surface area contributed by atoms with Crippen LogP contribution in [0.1, 0.15) is 179 Å². The molecule has 0 bridgehead atoms. The Morgan fingerprint density at radius 3 is 1.02 bits per heavy atom. The fourth-order valence-corrected chi connectivity index (χ4v) is 9.25. The zero-order valence-corrected chi connectivity index (χ0v) is 36.2. The molecule has 6 rings (SSSR count). The summed E-state index contributed by atoms with van der Waals surface area (Å²) in [7, 11) is 0. The number of aromatic nitrogens is 4. The SMILES string of the molecule is CCCCCCCC1CCC(CCc2cnc(-c3ccc(F)cc3)nc2)CC1.CCCCCCCCCC1CCC(CCc2cnc(-c3ccc(F)cc3)nc2)CC1. The summed E-state index contributed by atoms with van der Waals surface area (Å²) in [6.07, 6.45) is 43.6. The number of aryl methyl sites for hydroxylation is 2. The summed E-state index contributed by atoms with van der Waals surface area (Å²) >= 11 is 0. The second-order valence-corrected chi connectivity index (χ2v) is 17.8. The number of benzene rings is 2. The summed E-state index contributed by atoms with van der Waals surface area (Å²) in [6.45, 7) is 4.57. The van der Waals surface area contributed by atoms with Crippen LogP contribution >= 0.6 is 0 Å². The Morgan fingerprint density at radius 2 is 0.690 bits per heavy atom. The van der Waals surface area contributed by atoms with Crippen molar-refractivity contribution in [3.8, 4) is 22.8 Å². The van der Waals surface area contributed by atoms with Crippen molar-refractivity contribution in [2.75, 3.05) is 0 Å². The lowest BCUT2D eigenvalue weighted by molar-refractivity contribution is 0.248. The van der Waals surface area contributed by atoms with Crippen molar-refractivity contribution in [3.05, 3.63) is 96.1 Å². The third kappa shape index (κ3) is 17.0. The molecule has 2 saturated carbocycles. The van der Waals surface area contributed by atoms with Crippen LogP contribution in [0.4, 0.5) is 8.78 Å². The van der Waals surface area contributed by atoms with Gasteiger partial charge in [0.05, 0.1) is 0 Å². The van der Waals surface area contributed by atoms with Crippen LogP contribution < -0.4 is 0 Å². The number of hydrogen-bond donors (Lipinski definition) is 0. The standard InChI is InChI=1S/C27H39FN2.C25H35FN2/c1-2-3-4-5-6-7-8-9-22-10-12-23(13-11-22)14-15-24-20-29-27(30-21-24)25-16-18-26(28)19-17-25;1-2-3-4-5-6-7-20-8-10-21(11-9-20)12-13-22-18-27-25(28-19-22)23-14-16-24(26)17-15-23/h16-23H,2-15H2,1H3;14-21H,2-13H2,1H3. The van der Waals surface area contributed by atoms with Gasteiger partial charge in [-0.2, -0.15) is 0 Å². The van der Waals surface area contributed by atoms with E-state index in [-0.39, 0.29) is 11.6 Å². The van der Waals surface area contributed by atoms with Crippen LogP contribution in [-0.2, 0) is 12.8 Å². The van der Waals surface area contributed by atoms with Gasteiger partial charge in [-0.1, -0.05) is 155 Å². The third-order valence-corrected chi connectivity index (χ3v) is 13.2. The minimum absolute atomic E-state index is 0.229. The smallest absolute Gasteiger partial charge is 0.159 e. The summed E-state index contributed by atoms with van der Waals surface area (Å²) < 4.78 is 26.1. The average molecular weight is 793 g/mol. The molecule has 316 valence electrons. The molecule has 2 fully saturated rings. The van der Waals surface area contributed by atoms with Gasteiger partial charge in [0.15, 0.2) is 11.6 Å². The number of nitrogens with zero attached hydrogens (tertiary/aromatic N) is 4. The van der Waals surface area contributed by atoms with Crippen molar-refractivity contribution in [2.24, 2.45) is 23.7 Å². The van der Waals surface area contributed by atoms with Crippen LogP contribution in [0.25, 0.3) is 22.8 Å². The Kier molecular flexibility index (Phi) is 20.8. The van der Waals surface area contributed by atoms with Crippen molar-refractivity contribution < 1.29 is 8.78 Å². The second-order valence-electron chi connectivity index (χ2n) is 17.8. The maximum absolute atomic E-state index is 13.1. The first-order valence-electron chi connectivity index (χ1n) is 23.6. The molecule has 58 heavy (non-hydrogen) atoms. The molecule has 0 spiro atoms. The van der Waals surface area contributed by atoms with E-state index in [1.54, 1.807) is 24.3 Å². The Hall–Kier alpha value is -3.54. The van der Waals surface area contributed by atoms with Crippen molar-refractivity contribution in [2.45, 2.75) is 181 Å². The second kappa shape index (κ2) is 26.5. The van der Waals surface area contributed by atoms with Crippen LogP contribution in [-0.4, -0.2) is 19.9 Å². The minimum Gasteiger partial charge on any atom is -0.236 e. The first kappa shape index (κ1) is 45.5. The first-order chi connectivity index (χ1) is 28.5.